The van der Waals surface area contributed by atoms with Crippen LogP contribution in [-0.4, -0.2) is 34.9 Å². The van der Waals surface area contributed by atoms with Crippen molar-refractivity contribution in [3.63, 3.8) is 0 Å². The first-order valence-electron chi connectivity index (χ1n) is 3.36. The Kier molecular flexibility index (Phi) is 2.55. The molecule has 1 aliphatic heterocycles. The zero-order chi connectivity index (χ0) is 7.61. The Balaban J connectivity index is 2.47. The van der Waals surface area contributed by atoms with Crippen LogP contribution in [0.25, 0.3) is 0 Å². The van der Waals surface area contributed by atoms with Gasteiger partial charge in [-0.25, -0.2) is 0 Å². The Morgan fingerprint density at radius 2 is 1.80 bits per heavy atom. The third-order valence-corrected chi connectivity index (χ3v) is 4.86. The number of rotatable bonds is 1. The second-order valence-corrected chi connectivity index (χ2v) is 6.57. The van der Waals surface area contributed by atoms with E-state index in [4.69, 9.17) is 8.38 Å². The van der Waals surface area contributed by atoms with Gasteiger partial charge in [0.1, 0.15) is 0 Å². The summed E-state index contributed by atoms with van der Waals surface area (Å²) < 4.78 is 28.3. The van der Waals surface area contributed by atoms with Crippen molar-refractivity contribution in [3.8, 4) is 0 Å². The molecule has 0 unspecified atom stereocenters. The van der Waals surface area contributed by atoms with Crippen LogP contribution in [0.5, 0.6) is 0 Å². The van der Waals surface area contributed by atoms with E-state index in [0.29, 0.717) is 12.8 Å². The maximum atomic E-state index is 10.7. The summed E-state index contributed by atoms with van der Waals surface area (Å²) in [5.74, 6) is 0. The first-order chi connectivity index (χ1) is 4.61. The van der Waals surface area contributed by atoms with Crippen molar-refractivity contribution >= 4 is 13.4 Å². The molecule has 0 amide bonds. The topological polar surface area (TPSA) is 69.6 Å². The summed E-state index contributed by atoms with van der Waals surface area (Å²) in [4.78, 5) is -0.334. The molecule has 1 fully saturated rings. The van der Waals surface area contributed by atoms with Gasteiger partial charge in [0, 0.05) is 0 Å². The van der Waals surface area contributed by atoms with Crippen LogP contribution in [0.2, 0.25) is 4.82 Å². The van der Waals surface area contributed by atoms with Gasteiger partial charge in [0.25, 0.3) is 0 Å². The molecule has 1 heterocycles. The first kappa shape index (κ1) is 8.30. The van der Waals surface area contributed by atoms with Gasteiger partial charge in [0.05, 0.1) is 0 Å². The monoisotopic (exact) mass is 215 g/mol. The molecule has 0 bridgehead atoms. The summed E-state index contributed by atoms with van der Waals surface area (Å²) in [6.45, 7) is 1.49. The van der Waals surface area contributed by atoms with Crippen molar-refractivity contribution in [2.45, 2.75) is 17.7 Å². The van der Waals surface area contributed by atoms with Gasteiger partial charge in [-0.1, -0.05) is 0 Å². The van der Waals surface area contributed by atoms with E-state index < -0.39 is 13.4 Å². The summed E-state index contributed by atoms with van der Waals surface area (Å²) in [6, 6.07) is 0. The fraction of sp³-hybridized carbons (Fsp3) is 1.00. The summed E-state index contributed by atoms with van der Waals surface area (Å²) in [7, 11) is 0. The quantitative estimate of drug-likeness (QED) is 0.481. The van der Waals surface area contributed by atoms with E-state index in [-0.39, 0.29) is 4.82 Å². The summed E-state index contributed by atoms with van der Waals surface area (Å²) in [6.07, 6.45) is 1.26. The average Bonchev–Trinajstić information content (AvgIpc) is 1.88. The molecule has 62 valence electrons. The maximum absolute atomic E-state index is 10.7. The molecule has 0 aromatic rings. The van der Waals surface area contributed by atoms with Crippen molar-refractivity contribution in [2.24, 2.45) is 0 Å². The van der Waals surface area contributed by atoms with Gasteiger partial charge in [0.15, 0.2) is 0 Å². The van der Waals surface area contributed by atoms with Crippen LogP contribution >= 0.6 is 0 Å². The van der Waals surface area contributed by atoms with Gasteiger partial charge in [-0.15, -0.1) is 0 Å². The molecule has 1 aliphatic rings. The molecule has 0 saturated carbocycles. The van der Waals surface area contributed by atoms with E-state index in [1.165, 1.54) is 0 Å². The van der Waals surface area contributed by atoms with Crippen molar-refractivity contribution in [1.29, 1.82) is 0 Å². The molecule has 3 N–H and O–H groups in total. The van der Waals surface area contributed by atoms with Crippen LogP contribution in [0.3, 0.4) is 0 Å². The molecule has 0 atom stereocenters. The van der Waals surface area contributed by atoms with Gasteiger partial charge in [-0.3, -0.25) is 0 Å². The van der Waals surface area contributed by atoms with E-state index in [1.54, 1.807) is 0 Å². The van der Waals surface area contributed by atoms with E-state index >= 15 is 0 Å². The predicted octanol–water partition coefficient (Wildman–Crippen LogP) is -1.17. The summed E-state index contributed by atoms with van der Waals surface area (Å²) >= 11 is -4.36. The number of hydrogen-bond acceptors (Lipinski definition) is 2. The zero-order valence-corrected chi connectivity index (χ0v) is 7.53. The normalized spacial score (nSPS) is 24.6. The zero-order valence-electron chi connectivity index (χ0n) is 5.66. The van der Waals surface area contributed by atoms with Crippen LogP contribution in [0, 0.1) is 0 Å². The SMILES string of the molecule is O=[SeH](O)(O)C1CCNCC1. The van der Waals surface area contributed by atoms with Gasteiger partial charge < -0.3 is 0 Å². The van der Waals surface area contributed by atoms with Gasteiger partial charge in [-0.05, 0) is 0 Å². The molecule has 0 aromatic carbocycles. The molecule has 0 aromatic heterocycles. The molecule has 0 spiro atoms. The number of piperidine rings is 1. The third kappa shape index (κ3) is 2.11. The Morgan fingerprint density at radius 1 is 1.30 bits per heavy atom. The molecule has 0 radical (unpaired) electrons. The molecular formula is C5H13NO3Se. The van der Waals surface area contributed by atoms with Crippen LogP contribution in [-0.2, 0) is 3.83 Å². The van der Waals surface area contributed by atoms with Crippen molar-refractivity contribution in [1.82, 2.24) is 5.32 Å². The molecular weight excluding hydrogens is 201 g/mol. The molecule has 0 aliphatic carbocycles. The fourth-order valence-electron chi connectivity index (χ4n) is 1.14. The third-order valence-electron chi connectivity index (χ3n) is 1.78. The standard InChI is InChI=1S/C5H13NO3Se/c7-10(8,9)5-1-3-6-4-2-5/h5-6,10H,1-4H2,(H2,7,8,9). The predicted molar refractivity (Wildman–Crippen MR) is 38.1 cm³/mol. The van der Waals surface area contributed by atoms with Crippen LogP contribution < -0.4 is 5.32 Å². The Hall–Kier alpha value is 0.199. The Labute approximate surface area is 62.3 Å². The molecule has 4 nitrogen and oxygen atoms in total. The number of hydrogen-bond donors (Lipinski definition) is 3. The molecule has 1 rings (SSSR count). The molecule has 1 saturated heterocycles. The van der Waals surface area contributed by atoms with Crippen molar-refractivity contribution in [3.05, 3.63) is 0 Å². The van der Waals surface area contributed by atoms with Crippen molar-refractivity contribution in [2.75, 3.05) is 13.1 Å². The Bertz CT molecular complexity index is 149. The van der Waals surface area contributed by atoms with Gasteiger partial charge >= 0.3 is 61.7 Å². The fourth-order valence-corrected chi connectivity index (χ4v) is 3.10. The van der Waals surface area contributed by atoms with Crippen LogP contribution in [0.15, 0.2) is 0 Å². The Morgan fingerprint density at radius 3 is 2.10 bits per heavy atom. The van der Waals surface area contributed by atoms with Crippen LogP contribution in [0.4, 0.5) is 0 Å². The van der Waals surface area contributed by atoms with E-state index in [1.807, 2.05) is 0 Å². The van der Waals surface area contributed by atoms with Gasteiger partial charge in [0.2, 0.25) is 0 Å². The molecule has 5 heteroatoms. The van der Waals surface area contributed by atoms with E-state index in [9.17, 15) is 3.83 Å². The number of nitrogens with one attached hydrogen (secondary N) is 1. The summed E-state index contributed by atoms with van der Waals surface area (Å²) in [5.41, 5.74) is 0. The van der Waals surface area contributed by atoms with Gasteiger partial charge in [-0.2, -0.15) is 0 Å². The van der Waals surface area contributed by atoms with Crippen LogP contribution in [0.1, 0.15) is 12.8 Å². The van der Waals surface area contributed by atoms with Crippen molar-refractivity contribution < 1.29 is 12.2 Å². The minimum absolute atomic E-state index is 0.334. The second-order valence-electron chi connectivity index (χ2n) is 2.57. The molecule has 10 heavy (non-hydrogen) atoms. The first-order valence-corrected chi connectivity index (χ1v) is 6.89. The average molecular weight is 214 g/mol. The second kappa shape index (κ2) is 3.07. The van der Waals surface area contributed by atoms with E-state index in [0.717, 1.165) is 13.1 Å². The summed E-state index contributed by atoms with van der Waals surface area (Å²) in [5, 5.41) is 3.05. The van der Waals surface area contributed by atoms with E-state index in [2.05, 4.69) is 5.32 Å². The minimum atomic E-state index is -4.36.